The van der Waals surface area contributed by atoms with Gasteiger partial charge in [0.05, 0.1) is 16.4 Å². The van der Waals surface area contributed by atoms with Gasteiger partial charge in [0, 0.05) is 12.6 Å². The molecule has 3 N–H and O–H groups in total. The number of rotatable bonds is 6. The van der Waals surface area contributed by atoms with Gasteiger partial charge in [-0.3, -0.25) is 0 Å². The van der Waals surface area contributed by atoms with E-state index in [4.69, 9.17) is 5.73 Å². The van der Waals surface area contributed by atoms with Gasteiger partial charge in [0.2, 0.25) is 0 Å². The van der Waals surface area contributed by atoms with Gasteiger partial charge < -0.3 is 16.0 Å². The Kier molecular flexibility index (Phi) is 5.71. The van der Waals surface area contributed by atoms with E-state index in [1.54, 1.807) is 6.20 Å². The molecule has 96 valence electrons. The van der Waals surface area contributed by atoms with E-state index in [0.29, 0.717) is 11.7 Å². The zero-order valence-corrected chi connectivity index (χ0v) is 12.3. The molecule has 0 saturated heterocycles. The van der Waals surface area contributed by atoms with Crippen molar-refractivity contribution >= 4 is 27.4 Å². The minimum absolute atomic E-state index is 0.349. The quantitative estimate of drug-likeness (QED) is 0.848. The van der Waals surface area contributed by atoms with E-state index in [2.05, 4.69) is 51.9 Å². The van der Waals surface area contributed by atoms with Crippen molar-refractivity contribution in [2.45, 2.75) is 26.8 Å². The standard InChI is InChI=1S/C12H21BrN4/c1-4-17(5-2)8-9(3)16-12-11(13)6-10(14)7-15-12/h6-7,9H,4-5,8,14H2,1-3H3,(H,15,16). The first kappa shape index (κ1) is 14.3. The van der Waals surface area contributed by atoms with E-state index in [1.165, 1.54) is 0 Å². The van der Waals surface area contributed by atoms with Crippen molar-refractivity contribution in [3.8, 4) is 0 Å². The first-order valence-corrected chi connectivity index (χ1v) is 6.76. The number of hydrogen-bond donors (Lipinski definition) is 2. The molecule has 5 heteroatoms. The summed E-state index contributed by atoms with van der Waals surface area (Å²) in [6.07, 6.45) is 1.66. The average Bonchev–Trinajstić information content (AvgIpc) is 2.29. The van der Waals surface area contributed by atoms with Gasteiger partial charge >= 0.3 is 0 Å². The van der Waals surface area contributed by atoms with Crippen molar-refractivity contribution in [3.05, 3.63) is 16.7 Å². The van der Waals surface area contributed by atoms with Gasteiger partial charge in [0.15, 0.2) is 0 Å². The number of nitrogens with one attached hydrogen (secondary N) is 1. The normalized spacial score (nSPS) is 12.8. The summed E-state index contributed by atoms with van der Waals surface area (Å²) in [6.45, 7) is 9.65. The molecule has 0 spiro atoms. The molecule has 0 aromatic carbocycles. The van der Waals surface area contributed by atoms with Gasteiger partial charge in [0.1, 0.15) is 5.82 Å². The lowest BCUT2D eigenvalue weighted by molar-refractivity contribution is 0.294. The number of nitrogens with zero attached hydrogens (tertiary/aromatic N) is 2. The Morgan fingerprint density at radius 1 is 1.47 bits per heavy atom. The lowest BCUT2D eigenvalue weighted by Gasteiger charge is -2.24. The van der Waals surface area contributed by atoms with Crippen LogP contribution < -0.4 is 11.1 Å². The summed E-state index contributed by atoms with van der Waals surface area (Å²) in [5.41, 5.74) is 6.32. The molecule has 1 aromatic rings. The average molecular weight is 301 g/mol. The molecular formula is C12H21BrN4. The van der Waals surface area contributed by atoms with E-state index >= 15 is 0 Å². The highest BCUT2D eigenvalue weighted by atomic mass is 79.9. The molecule has 0 bridgehead atoms. The molecule has 0 amide bonds. The van der Waals surface area contributed by atoms with Gasteiger partial charge in [-0.25, -0.2) is 4.98 Å². The van der Waals surface area contributed by atoms with Crippen LogP contribution in [-0.4, -0.2) is 35.6 Å². The highest BCUT2D eigenvalue weighted by molar-refractivity contribution is 9.10. The van der Waals surface area contributed by atoms with Crippen molar-refractivity contribution in [3.63, 3.8) is 0 Å². The molecule has 1 atom stereocenters. The highest BCUT2D eigenvalue weighted by Crippen LogP contribution is 2.22. The first-order chi connectivity index (χ1) is 8.06. The maximum atomic E-state index is 5.65. The lowest BCUT2D eigenvalue weighted by Crippen LogP contribution is -2.35. The topological polar surface area (TPSA) is 54.2 Å². The summed E-state index contributed by atoms with van der Waals surface area (Å²) in [5.74, 6) is 0.846. The molecule has 1 aromatic heterocycles. The van der Waals surface area contributed by atoms with E-state index in [-0.39, 0.29) is 0 Å². The predicted octanol–water partition coefficient (Wildman–Crippen LogP) is 2.57. The Morgan fingerprint density at radius 3 is 2.65 bits per heavy atom. The molecule has 0 aliphatic rings. The predicted molar refractivity (Wildman–Crippen MR) is 77.2 cm³/mol. The Hall–Kier alpha value is -0.810. The van der Waals surface area contributed by atoms with Crippen molar-refractivity contribution in [1.29, 1.82) is 0 Å². The molecule has 0 radical (unpaired) electrons. The van der Waals surface area contributed by atoms with E-state index in [1.807, 2.05) is 6.07 Å². The van der Waals surface area contributed by atoms with Crippen LogP contribution in [0.15, 0.2) is 16.7 Å². The number of aromatic nitrogens is 1. The highest BCUT2D eigenvalue weighted by Gasteiger charge is 2.09. The number of likely N-dealkylation sites (N-methyl/N-ethyl adjacent to an activating group) is 1. The molecule has 0 aliphatic carbocycles. The number of halogens is 1. The third-order valence-corrected chi connectivity index (χ3v) is 3.28. The van der Waals surface area contributed by atoms with Gasteiger partial charge in [-0.1, -0.05) is 13.8 Å². The second-order valence-electron chi connectivity index (χ2n) is 4.13. The monoisotopic (exact) mass is 300 g/mol. The molecule has 1 rings (SSSR count). The number of nitrogen functional groups attached to an aromatic ring is 1. The third kappa shape index (κ3) is 4.52. The van der Waals surface area contributed by atoms with Crippen LogP contribution in [0.4, 0.5) is 11.5 Å². The molecule has 0 saturated carbocycles. The van der Waals surface area contributed by atoms with Crippen LogP contribution in [-0.2, 0) is 0 Å². The van der Waals surface area contributed by atoms with Gasteiger partial charge in [-0.15, -0.1) is 0 Å². The Labute approximate surface area is 112 Å². The fraction of sp³-hybridized carbons (Fsp3) is 0.583. The van der Waals surface area contributed by atoms with Crippen molar-refractivity contribution in [2.24, 2.45) is 0 Å². The van der Waals surface area contributed by atoms with Crippen LogP contribution in [0.3, 0.4) is 0 Å². The van der Waals surface area contributed by atoms with Crippen molar-refractivity contribution in [1.82, 2.24) is 9.88 Å². The zero-order valence-electron chi connectivity index (χ0n) is 10.7. The van der Waals surface area contributed by atoms with Crippen LogP contribution >= 0.6 is 15.9 Å². The SMILES string of the molecule is CCN(CC)CC(C)Nc1ncc(N)cc1Br. The number of anilines is 2. The second kappa shape index (κ2) is 6.81. The largest absolute Gasteiger partial charge is 0.397 e. The molecule has 4 nitrogen and oxygen atoms in total. The maximum absolute atomic E-state index is 5.65. The van der Waals surface area contributed by atoms with Gasteiger partial charge in [0.25, 0.3) is 0 Å². The summed E-state index contributed by atoms with van der Waals surface area (Å²) in [4.78, 5) is 6.65. The number of hydrogen-bond acceptors (Lipinski definition) is 4. The number of pyridine rings is 1. The number of nitrogens with two attached hydrogens (primary N) is 1. The second-order valence-corrected chi connectivity index (χ2v) is 4.98. The lowest BCUT2D eigenvalue weighted by atomic mass is 10.3. The Morgan fingerprint density at radius 2 is 2.12 bits per heavy atom. The van der Waals surface area contributed by atoms with E-state index in [0.717, 1.165) is 29.9 Å². The van der Waals surface area contributed by atoms with Crippen LogP contribution in [0, 0.1) is 0 Å². The zero-order chi connectivity index (χ0) is 12.8. The molecule has 1 unspecified atom stereocenters. The van der Waals surface area contributed by atoms with Crippen LogP contribution in [0.2, 0.25) is 0 Å². The molecule has 1 heterocycles. The maximum Gasteiger partial charge on any atom is 0.140 e. The third-order valence-electron chi connectivity index (χ3n) is 2.67. The van der Waals surface area contributed by atoms with Crippen molar-refractivity contribution in [2.75, 3.05) is 30.7 Å². The fourth-order valence-electron chi connectivity index (χ4n) is 1.71. The van der Waals surface area contributed by atoms with Crippen LogP contribution in [0.5, 0.6) is 0 Å². The van der Waals surface area contributed by atoms with E-state index in [9.17, 15) is 0 Å². The van der Waals surface area contributed by atoms with Crippen LogP contribution in [0.25, 0.3) is 0 Å². The summed E-state index contributed by atoms with van der Waals surface area (Å²) >= 11 is 3.46. The first-order valence-electron chi connectivity index (χ1n) is 5.96. The summed E-state index contributed by atoms with van der Waals surface area (Å²) in [6, 6.07) is 2.21. The fourth-order valence-corrected chi connectivity index (χ4v) is 2.19. The Balaban J connectivity index is 2.58. The minimum Gasteiger partial charge on any atom is -0.397 e. The summed E-state index contributed by atoms with van der Waals surface area (Å²) in [5, 5.41) is 3.38. The molecule has 0 fully saturated rings. The van der Waals surface area contributed by atoms with Crippen molar-refractivity contribution < 1.29 is 0 Å². The molecular weight excluding hydrogens is 280 g/mol. The van der Waals surface area contributed by atoms with Gasteiger partial charge in [-0.2, -0.15) is 0 Å². The minimum atomic E-state index is 0.349. The van der Waals surface area contributed by atoms with Gasteiger partial charge in [-0.05, 0) is 42.0 Å². The molecule has 0 aliphatic heterocycles. The summed E-state index contributed by atoms with van der Waals surface area (Å²) < 4.78 is 0.906. The van der Waals surface area contributed by atoms with E-state index < -0.39 is 0 Å². The Bertz CT molecular complexity index is 352. The molecule has 17 heavy (non-hydrogen) atoms. The van der Waals surface area contributed by atoms with Crippen LogP contribution in [0.1, 0.15) is 20.8 Å². The smallest absolute Gasteiger partial charge is 0.140 e. The summed E-state index contributed by atoms with van der Waals surface area (Å²) in [7, 11) is 0.